The summed E-state index contributed by atoms with van der Waals surface area (Å²) in [5, 5.41) is 7.52. The Kier molecular flexibility index (Phi) is 5.69. The van der Waals surface area contributed by atoms with E-state index >= 15 is 0 Å². The van der Waals surface area contributed by atoms with Crippen LogP contribution in [0.2, 0.25) is 10.0 Å². The first-order valence-electron chi connectivity index (χ1n) is 7.11. The van der Waals surface area contributed by atoms with Gasteiger partial charge in [0.25, 0.3) is 0 Å². The van der Waals surface area contributed by atoms with Crippen LogP contribution in [0.1, 0.15) is 31.9 Å². The molecule has 22 heavy (non-hydrogen) atoms. The van der Waals surface area contributed by atoms with E-state index in [1.807, 2.05) is 44.2 Å². The first-order chi connectivity index (χ1) is 10.5. The van der Waals surface area contributed by atoms with Crippen molar-refractivity contribution in [1.82, 2.24) is 0 Å². The zero-order valence-corrected chi connectivity index (χ0v) is 14.0. The Morgan fingerprint density at radius 2 is 1.73 bits per heavy atom. The molecule has 0 aromatic heterocycles. The number of rotatable bonds is 5. The van der Waals surface area contributed by atoms with Gasteiger partial charge < -0.3 is 10.6 Å². The number of benzene rings is 2. The Hall–Kier alpha value is -1.71. The van der Waals surface area contributed by atoms with Crippen molar-refractivity contribution in [3.63, 3.8) is 0 Å². The third-order valence-corrected chi connectivity index (χ3v) is 3.88. The summed E-state index contributed by atoms with van der Waals surface area (Å²) in [5.74, 6) is -0.000198. The minimum Gasteiger partial charge on any atom is -0.378 e. The molecule has 0 aliphatic heterocycles. The highest BCUT2D eigenvalue weighted by Gasteiger charge is 2.10. The second kappa shape index (κ2) is 7.52. The van der Waals surface area contributed by atoms with E-state index in [0.717, 1.165) is 16.9 Å². The number of halogens is 2. The van der Waals surface area contributed by atoms with E-state index in [1.165, 1.54) is 0 Å². The molecule has 0 radical (unpaired) electrons. The van der Waals surface area contributed by atoms with Crippen LogP contribution < -0.4 is 10.6 Å². The van der Waals surface area contributed by atoms with Gasteiger partial charge in [0, 0.05) is 27.8 Å². The Labute approximate surface area is 140 Å². The van der Waals surface area contributed by atoms with Crippen LogP contribution in [0, 0.1) is 0 Å². The highest BCUT2D eigenvalue weighted by molar-refractivity contribution is 6.33. The van der Waals surface area contributed by atoms with E-state index in [-0.39, 0.29) is 11.9 Å². The van der Waals surface area contributed by atoms with Crippen LogP contribution in [0.3, 0.4) is 0 Å². The second-order valence-electron chi connectivity index (χ2n) is 5.01. The lowest BCUT2D eigenvalue weighted by Gasteiger charge is -2.17. The van der Waals surface area contributed by atoms with Crippen molar-refractivity contribution in [3.05, 3.63) is 58.1 Å². The average molecular weight is 337 g/mol. The molecule has 1 amide bonds. The van der Waals surface area contributed by atoms with E-state index in [4.69, 9.17) is 23.2 Å². The van der Waals surface area contributed by atoms with E-state index in [9.17, 15) is 4.79 Å². The van der Waals surface area contributed by atoms with Crippen molar-refractivity contribution in [2.24, 2.45) is 0 Å². The first kappa shape index (κ1) is 16.7. The topological polar surface area (TPSA) is 41.1 Å². The largest absolute Gasteiger partial charge is 0.378 e. The molecule has 116 valence electrons. The molecule has 0 heterocycles. The maximum absolute atomic E-state index is 11.3. The molecule has 0 aliphatic rings. The summed E-state index contributed by atoms with van der Waals surface area (Å²) in [6.45, 7) is 3.84. The summed E-state index contributed by atoms with van der Waals surface area (Å²) in [5.41, 5.74) is 2.67. The van der Waals surface area contributed by atoms with E-state index in [1.54, 1.807) is 12.1 Å². The van der Waals surface area contributed by atoms with Gasteiger partial charge >= 0.3 is 0 Å². The molecule has 0 bridgehead atoms. The average Bonchev–Trinajstić information content (AvgIpc) is 2.51. The number of anilines is 2. The zero-order chi connectivity index (χ0) is 16.1. The van der Waals surface area contributed by atoms with E-state index in [0.29, 0.717) is 16.5 Å². The fourth-order valence-electron chi connectivity index (χ4n) is 2.07. The number of hydrogen-bond acceptors (Lipinski definition) is 2. The standard InChI is InChI=1S/C17H18Cl2N2O/c1-3-17(22)21-14-7-5-13(6-8-14)20-11(2)15-10-12(18)4-9-16(15)19/h4-11,20H,3H2,1-2H3,(H,21,22). The lowest BCUT2D eigenvalue weighted by atomic mass is 10.1. The van der Waals surface area contributed by atoms with Crippen molar-refractivity contribution in [3.8, 4) is 0 Å². The van der Waals surface area contributed by atoms with Crippen LogP contribution in [0.15, 0.2) is 42.5 Å². The van der Waals surface area contributed by atoms with E-state index < -0.39 is 0 Å². The molecule has 2 aromatic carbocycles. The second-order valence-corrected chi connectivity index (χ2v) is 5.85. The molecule has 2 N–H and O–H groups in total. The molecule has 1 atom stereocenters. The maximum atomic E-state index is 11.3. The molecule has 5 heteroatoms. The zero-order valence-electron chi connectivity index (χ0n) is 12.5. The van der Waals surface area contributed by atoms with Crippen LogP contribution in [0.4, 0.5) is 11.4 Å². The van der Waals surface area contributed by atoms with Crippen LogP contribution in [0.25, 0.3) is 0 Å². The van der Waals surface area contributed by atoms with Gasteiger partial charge in [-0.3, -0.25) is 4.79 Å². The quantitative estimate of drug-likeness (QED) is 0.755. The summed E-state index contributed by atoms with van der Waals surface area (Å²) in [6.07, 6.45) is 0.463. The molecular weight excluding hydrogens is 319 g/mol. The molecule has 1 unspecified atom stereocenters. The Bertz CT molecular complexity index is 656. The lowest BCUT2D eigenvalue weighted by Crippen LogP contribution is -2.10. The highest BCUT2D eigenvalue weighted by atomic mass is 35.5. The minimum atomic E-state index is -0.000198. The predicted octanol–water partition coefficient (Wildman–Crippen LogP) is 5.52. The number of carbonyl (C=O) groups is 1. The number of amides is 1. The van der Waals surface area contributed by atoms with Gasteiger partial charge in [0.05, 0.1) is 6.04 Å². The van der Waals surface area contributed by atoms with Gasteiger partial charge in [-0.25, -0.2) is 0 Å². The Morgan fingerprint density at radius 1 is 1.09 bits per heavy atom. The summed E-state index contributed by atoms with van der Waals surface area (Å²) in [4.78, 5) is 11.3. The molecule has 2 aromatic rings. The predicted molar refractivity (Wildman–Crippen MR) is 93.9 cm³/mol. The van der Waals surface area contributed by atoms with Crippen molar-refractivity contribution in [2.45, 2.75) is 26.3 Å². The minimum absolute atomic E-state index is 0.000198. The summed E-state index contributed by atoms with van der Waals surface area (Å²) >= 11 is 12.2. The fourth-order valence-corrected chi connectivity index (χ4v) is 2.54. The fraction of sp³-hybridized carbons (Fsp3) is 0.235. The molecular formula is C17H18Cl2N2O. The summed E-state index contributed by atoms with van der Waals surface area (Å²) in [6, 6.07) is 13.0. The number of hydrogen-bond donors (Lipinski definition) is 2. The number of nitrogens with one attached hydrogen (secondary N) is 2. The highest BCUT2D eigenvalue weighted by Crippen LogP contribution is 2.28. The SMILES string of the molecule is CCC(=O)Nc1ccc(NC(C)c2cc(Cl)ccc2Cl)cc1. The molecule has 0 saturated carbocycles. The summed E-state index contributed by atoms with van der Waals surface area (Å²) < 4.78 is 0. The molecule has 2 rings (SSSR count). The van der Waals surface area contributed by atoms with Gasteiger partial charge in [0.1, 0.15) is 0 Å². The van der Waals surface area contributed by atoms with Gasteiger partial charge in [-0.15, -0.1) is 0 Å². The molecule has 0 fully saturated rings. The first-order valence-corrected chi connectivity index (χ1v) is 7.86. The van der Waals surface area contributed by atoms with E-state index in [2.05, 4.69) is 10.6 Å². The van der Waals surface area contributed by atoms with Gasteiger partial charge in [-0.05, 0) is 55.0 Å². The van der Waals surface area contributed by atoms with Gasteiger partial charge in [0.2, 0.25) is 5.91 Å². The van der Waals surface area contributed by atoms with Gasteiger partial charge in [-0.2, -0.15) is 0 Å². The molecule has 0 aliphatic carbocycles. The van der Waals surface area contributed by atoms with Crippen LogP contribution in [-0.2, 0) is 4.79 Å². The molecule has 0 spiro atoms. The van der Waals surface area contributed by atoms with Gasteiger partial charge in [-0.1, -0.05) is 30.1 Å². The number of carbonyl (C=O) groups excluding carboxylic acids is 1. The summed E-state index contributed by atoms with van der Waals surface area (Å²) in [7, 11) is 0. The Morgan fingerprint density at radius 3 is 2.36 bits per heavy atom. The molecule has 3 nitrogen and oxygen atoms in total. The third-order valence-electron chi connectivity index (χ3n) is 3.30. The van der Waals surface area contributed by atoms with Crippen LogP contribution >= 0.6 is 23.2 Å². The van der Waals surface area contributed by atoms with Crippen LogP contribution in [0.5, 0.6) is 0 Å². The maximum Gasteiger partial charge on any atom is 0.224 e. The van der Waals surface area contributed by atoms with Crippen molar-refractivity contribution < 1.29 is 4.79 Å². The van der Waals surface area contributed by atoms with Crippen LogP contribution in [-0.4, -0.2) is 5.91 Å². The normalized spacial score (nSPS) is 11.8. The van der Waals surface area contributed by atoms with Crippen molar-refractivity contribution in [2.75, 3.05) is 10.6 Å². The van der Waals surface area contributed by atoms with Crippen molar-refractivity contribution in [1.29, 1.82) is 0 Å². The monoisotopic (exact) mass is 336 g/mol. The third kappa shape index (κ3) is 4.39. The van der Waals surface area contributed by atoms with Crippen molar-refractivity contribution >= 4 is 40.5 Å². The molecule has 0 saturated heterocycles. The van der Waals surface area contributed by atoms with Gasteiger partial charge in [0.15, 0.2) is 0 Å². The Balaban J connectivity index is 2.07. The smallest absolute Gasteiger partial charge is 0.224 e. The lowest BCUT2D eigenvalue weighted by molar-refractivity contribution is -0.115.